The summed E-state index contributed by atoms with van der Waals surface area (Å²) in [6, 6.07) is 5.05. The van der Waals surface area contributed by atoms with E-state index in [9.17, 15) is 4.79 Å². The Morgan fingerprint density at radius 3 is 2.77 bits per heavy atom. The van der Waals surface area contributed by atoms with Crippen LogP contribution in [0.1, 0.15) is 27.7 Å². The van der Waals surface area contributed by atoms with Gasteiger partial charge in [0, 0.05) is 12.2 Å². The third kappa shape index (κ3) is 3.99. The zero-order valence-corrected chi connectivity index (χ0v) is 13.2. The highest BCUT2D eigenvalue weighted by molar-refractivity contribution is 6.34. The van der Waals surface area contributed by atoms with E-state index in [1.54, 1.807) is 18.2 Å². The number of halogens is 1. The van der Waals surface area contributed by atoms with Gasteiger partial charge in [-0.15, -0.1) is 0 Å². The largest absolute Gasteiger partial charge is 0.444 e. The number of nitrogens with one attached hydrogen (secondary N) is 2. The highest BCUT2D eigenvalue weighted by Crippen LogP contribution is 2.21. The highest BCUT2D eigenvalue weighted by Gasteiger charge is 2.11. The van der Waals surface area contributed by atoms with E-state index in [2.05, 4.69) is 15.6 Å². The lowest BCUT2D eigenvalue weighted by molar-refractivity contribution is 0.0945. The summed E-state index contributed by atoms with van der Waals surface area (Å²) in [5.41, 5.74) is 1.99. The Kier molecular flexibility index (Phi) is 5.41. The summed E-state index contributed by atoms with van der Waals surface area (Å²) in [6.45, 7) is 4.26. The fourth-order valence-electron chi connectivity index (χ4n) is 1.87. The molecule has 22 heavy (non-hydrogen) atoms. The summed E-state index contributed by atoms with van der Waals surface area (Å²) in [5.74, 6) is 1.08. The molecule has 2 aromatic rings. The fourth-order valence-corrected chi connectivity index (χ4v) is 2.13. The summed E-state index contributed by atoms with van der Waals surface area (Å²) in [6.07, 6.45) is 0. The van der Waals surface area contributed by atoms with Gasteiger partial charge in [0.1, 0.15) is 5.76 Å². The summed E-state index contributed by atoms with van der Waals surface area (Å²) in [7, 11) is 0. The molecule has 0 atom stereocenters. The molecule has 0 aliphatic carbocycles. The summed E-state index contributed by atoms with van der Waals surface area (Å²) in [4.78, 5) is 16.1. The summed E-state index contributed by atoms with van der Waals surface area (Å²) < 4.78 is 5.48. The molecule has 1 aromatic carbocycles. The number of rotatable bonds is 6. The molecule has 0 saturated carbocycles. The van der Waals surface area contributed by atoms with Crippen LogP contribution in [-0.4, -0.2) is 29.1 Å². The molecule has 0 bridgehead atoms. The minimum Gasteiger partial charge on any atom is -0.444 e. The quantitative estimate of drug-likeness (QED) is 0.759. The highest BCUT2D eigenvalue weighted by atomic mass is 35.5. The first-order chi connectivity index (χ1) is 10.5. The van der Waals surface area contributed by atoms with Gasteiger partial charge in [-0.05, 0) is 32.0 Å². The van der Waals surface area contributed by atoms with Gasteiger partial charge in [0.15, 0.2) is 0 Å². The number of amides is 1. The van der Waals surface area contributed by atoms with Gasteiger partial charge < -0.3 is 20.2 Å². The zero-order valence-electron chi connectivity index (χ0n) is 12.4. The SMILES string of the molecule is Cc1nc(CNc2ccc(C(=O)NCCO)c(Cl)c2)oc1C. The van der Waals surface area contributed by atoms with Crippen molar-refractivity contribution in [3.8, 4) is 0 Å². The summed E-state index contributed by atoms with van der Waals surface area (Å²) in [5, 5.41) is 14.7. The molecule has 0 fully saturated rings. The Bertz CT molecular complexity index is 651. The van der Waals surface area contributed by atoms with E-state index in [0.717, 1.165) is 17.1 Å². The van der Waals surface area contributed by atoms with Crippen LogP contribution >= 0.6 is 11.6 Å². The molecular weight excluding hydrogens is 306 g/mol. The molecule has 2 rings (SSSR count). The van der Waals surface area contributed by atoms with E-state index in [1.165, 1.54) is 0 Å². The maximum atomic E-state index is 11.8. The van der Waals surface area contributed by atoms with Crippen LogP contribution < -0.4 is 10.6 Å². The van der Waals surface area contributed by atoms with E-state index in [4.69, 9.17) is 21.1 Å². The maximum Gasteiger partial charge on any atom is 0.252 e. The number of carbonyl (C=O) groups excluding carboxylic acids is 1. The fraction of sp³-hybridized carbons (Fsp3) is 0.333. The van der Waals surface area contributed by atoms with E-state index < -0.39 is 0 Å². The molecule has 118 valence electrons. The van der Waals surface area contributed by atoms with Crippen LogP contribution in [0.4, 0.5) is 5.69 Å². The van der Waals surface area contributed by atoms with Gasteiger partial charge in [-0.2, -0.15) is 0 Å². The van der Waals surface area contributed by atoms with E-state index in [1.807, 2.05) is 13.8 Å². The lowest BCUT2D eigenvalue weighted by atomic mass is 10.2. The first-order valence-corrected chi connectivity index (χ1v) is 7.24. The number of hydrogen-bond acceptors (Lipinski definition) is 5. The van der Waals surface area contributed by atoms with E-state index in [-0.39, 0.29) is 19.1 Å². The lowest BCUT2D eigenvalue weighted by Crippen LogP contribution is -2.26. The number of benzene rings is 1. The first kappa shape index (κ1) is 16.3. The number of aliphatic hydroxyl groups is 1. The number of anilines is 1. The second-order valence-electron chi connectivity index (χ2n) is 4.78. The lowest BCUT2D eigenvalue weighted by Gasteiger charge is -2.08. The van der Waals surface area contributed by atoms with Crippen LogP contribution in [0, 0.1) is 13.8 Å². The molecule has 1 aromatic heterocycles. The third-order valence-electron chi connectivity index (χ3n) is 3.13. The number of aryl methyl sites for hydroxylation is 2. The van der Waals surface area contributed by atoms with Crippen molar-refractivity contribution in [2.45, 2.75) is 20.4 Å². The van der Waals surface area contributed by atoms with Crippen molar-refractivity contribution in [1.82, 2.24) is 10.3 Å². The Balaban J connectivity index is 2.01. The van der Waals surface area contributed by atoms with Crippen molar-refractivity contribution in [3.05, 3.63) is 46.1 Å². The molecular formula is C15H18ClN3O3. The predicted octanol–water partition coefficient (Wildman–Crippen LogP) is 2.28. The van der Waals surface area contributed by atoms with Gasteiger partial charge in [0.05, 0.1) is 29.4 Å². The Morgan fingerprint density at radius 1 is 1.41 bits per heavy atom. The Hall–Kier alpha value is -2.05. The van der Waals surface area contributed by atoms with Crippen molar-refractivity contribution in [2.24, 2.45) is 0 Å². The minimum absolute atomic E-state index is 0.113. The molecule has 0 aliphatic heterocycles. The van der Waals surface area contributed by atoms with Crippen LogP contribution in [-0.2, 0) is 6.54 Å². The van der Waals surface area contributed by atoms with E-state index >= 15 is 0 Å². The molecule has 1 amide bonds. The van der Waals surface area contributed by atoms with Gasteiger partial charge in [-0.3, -0.25) is 4.79 Å². The van der Waals surface area contributed by atoms with Crippen molar-refractivity contribution in [3.63, 3.8) is 0 Å². The van der Waals surface area contributed by atoms with Crippen LogP contribution in [0.25, 0.3) is 0 Å². The number of oxazole rings is 1. The normalized spacial score (nSPS) is 10.5. The average Bonchev–Trinajstić information content (AvgIpc) is 2.81. The molecule has 7 heteroatoms. The van der Waals surface area contributed by atoms with Gasteiger partial charge in [-0.25, -0.2) is 4.98 Å². The van der Waals surface area contributed by atoms with Crippen LogP contribution in [0.3, 0.4) is 0 Å². The maximum absolute atomic E-state index is 11.8. The van der Waals surface area contributed by atoms with Gasteiger partial charge in [-0.1, -0.05) is 11.6 Å². The standard InChI is InChI=1S/C15H18ClN3O3/c1-9-10(2)22-14(19-9)8-18-11-3-4-12(13(16)7-11)15(21)17-5-6-20/h3-4,7,18,20H,5-6,8H2,1-2H3,(H,17,21). The molecule has 0 saturated heterocycles. The van der Waals surface area contributed by atoms with Crippen LogP contribution in [0.5, 0.6) is 0 Å². The molecule has 0 spiro atoms. The average molecular weight is 324 g/mol. The zero-order chi connectivity index (χ0) is 16.1. The van der Waals surface area contributed by atoms with Gasteiger partial charge >= 0.3 is 0 Å². The Morgan fingerprint density at radius 2 is 2.18 bits per heavy atom. The van der Waals surface area contributed by atoms with E-state index in [0.29, 0.717) is 23.0 Å². The number of aromatic nitrogens is 1. The molecule has 0 radical (unpaired) electrons. The number of hydrogen-bond donors (Lipinski definition) is 3. The molecule has 3 N–H and O–H groups in total. The molecule has 0 unspecified atom stereocenters. The minimum atomic E-state index is -0.315. The number of aliphatic hydroxyl groups excluding tert-OH is 1. The second-order valence-corrected chi connectivity index (χ2v) is 5.18. The second kappa shape index (κ2) is 7.29. The molecule has 0 aliphatic rings. The van der Waals surface area contributed by atoms with Crippen LogP contribution in [0.2, 0.25) is 5.02 Å². The first-order valence-electron chi connectivity index (χ1n) is 6.86. The Labute approximate surface area is 133 Å². The molecule has 1 heterocycles. The van der Waals surface area contributed by atoms with Crippen LogP contribution in [0.15, 0.2) is 22.6 Å². The molecule has 6 nitrogen and oxygen atoms in total. The summed E-state index contributed by atoms with van der Waals surface area (Å²) >= 11 is 6.11. The smallest absolute Gasteiger partial charge is 0.252 e. The van der Waals surface area contributed by atoms with Crippen molar-refractivity contribution < 1.29 is 14.3 Å². The number of nitrogens with zero attached hydrogens (tertiary/aromatic N) is 1. The third-order valence-corrected chi connectivity index (χ3v) is 3.44. The predicted molar refractivity (Wildman–Crippen MR) is 84.2 cm³/mol. The number of carbonyl (C=O) groups is 1. The van der Waals surface area contributed by atoms with Crippen molar-refractivity contribution in [1.29, 1.82) is 0 Å². The monoisotopic (exact) mass is 323 g/mol. The topological polar surface area (TPSA) is 87.4 Å². The van der Waals surface area contributed by atoms with Crippen molar-refractivity contribution in [2.75, 3.05) is 18.5 Å². The van der Waals surface area contributed by atoms with Gasteiger partial charge in [0.2, 0.25) is 5.89 Å². The van der Waals surface area contributed by atoms with Crippen molar-refractivity contribution >= 4 is 23.2 Å². The van der Waals surface area contributed by atoms with Gasteiger partial charge in [0.25, 0.3) is 5.91 Å².